The third-order valence-electron chi connectivity index (χ3n) is 1.62. The van der Waals surface area contributed by atoms with E-state index in [9.17, 15) is 0 Å². The molecule has 1 aromatic heterocycles. The molecule has 0 aliphatic rings. The van der Waals surface area contributed by atoms with E-state index >= 15 is 0 Å². The Morgan fingerprint density at radius 1 is 1.60 bits per heavy atom. The van der Waals surface area contributed by atoms with Crippen LogP contribution < -0.4 is 0 Å². The Balaban J connectivity index is 3.07. The molecule has 0 unspecified atom stereocenters. The van der Waals surface area contributed by atoms with E-state index in [2.05, 4.69) is 4.98 Å². The van der Waals surface area contributed by atoms with Gasteiger partial charge in [0, 0.05) is 11.8 Å². The summed E-state index contributed by atoms with van der Waals surface area (Å²) in [5.74, 6) is 0. The van der Waals surface area contributed by atoms with E-state index in [4.69, 9.17) is 33.2 Å². The number of halogens is 2. The second-order valence-corrected chi connectivity index (χ2v) is 3.30. The van der Waals surface area contributed by atoms with Crippen molar-refractivity contribution in [2.24, 2.45) is 0 Å². The van der Waals surface area contributed by atoms with Crippen LogP contribution in [0.25, 0.3) is 6.08 Å². The van der Waals surface area contributed by atoms with Crippen LogP contribution in [0.15, 0.2) is 12.5 Å². The topological polar surface area (TPSA) is 45.9 Å². The van der Waals surface area contributed by atoms with Crippen molar-refractivity contribution in [1.82, 2.24) is 4.98 Å². The van der Waals surface area contributed by atoms with E-state index in [0.29, 0.717) is 12.2 Å². The molecule has 0 atom stereocenters. The fourth-order valence-corrected chi connectivity index (χ4v) is 1.39. The van der Waals surface area contributed by atoms with Gasteiger partial charge < -0.3 is 4.74 Å². The molecule has 0 saturated heterocycles. The van der Waals surface area contributed by atoms with Crippen molar-refractivity contribution in [3.05, 3.63) is 33.8 Å². The van der Waals surface area contributed by atoms with Crippen molar-refractivity contribution < 1.29 is 4.74 Å². The molecule has 1 rings (SSSR count). The van der Waals surface area contributed by atoms with Crippen LogP contribution in [0.2, 0.25) is 10.2 Å². The van der Waals surface area contributed by atoms with E-state index in [1.165, 1.54) is 12.5 Å². The van der Waals surface area contributed by atoms with Gasteiger partial charge in [0.2, 0.25) is 0 Å². The summed E-state index contributed by atoms with van der Waals surface area (Å²) in [6.07, 6.45) is 4.62. The molecule has 0 amide bonds. The summed E-state index contributed by atoms with van der Waals surface area (Å²) in [5.41, 5.74) is 0.781. The highest BCUT2D eigenvalue weighted by molar-refractivity contribution is 6.36. The zero-order valence-corrected chi connectivity index (χ0v) is 9.51. The van der Waals surface area contributed by atoms with Gasteiger partial charge in [-0.2, -0.15) is 5.26 Å². The van der Waals surface area contributed by atoms with Crippen molar-refractivity contribution in [1.29, 1.82) is 5.26 Å². The van der Waals surface area contributed by atoms with E-state index in [-0.39, 0.29) is 15.7 Å². The smallest absolute Gasteiger partial charge is 0.148 e. The molecular formula is C10H8Cl2N2O. The Morgan fingerprint density at radius 2 is 2.33 bits per heavy atom. The van der Waals surface area contributed by atoms with Gasteiger partial charge in [-0.05, 0) is 13.0 Å². The quantitative estimate of drug-likeness (QED) is 0.604. The number of pyridine rings is 1. The first-order valence-corrected chi connectivity index (χ1v) is 4.98. The average Bonchev–Trinajstić information content (AvgIpc) is 2.22. The van der Waals surface area contributed by atoms with Crippen LogP contribution in [0.4, 0.5) is 0 Å². The number of ether oxygens (including phenoxy) is 1. The fourth-order valence-electron chi connectivity index (χ4n) is 0.911. The van der Waals surface area contributed by atoms with Crippen LogP contribution in [0, 0.1) is 11.3 Å². The number of rotatable bonds is 3. The van der Waals surface area contributed by atoms with Crippen LogP contribution >= 0.6 is 23.2 Å². The van der Waals surface area contributed by atoms with Gasteiger partial charge in [0.25, 0.3) is 0 Å². The Bertz CT molecular complexity index is 424. The summed E-state index contributed by atoms with van der Waals surface area (Å²) in [4.78, 5) is 3.84. The summed E-state index contributed by atoms with van der Waals surface area (Å²) in [6.45, 7) is 2.44. The van der Waals surface area contributed by atoms with E-state index < -0.39 is 0 Å². The molecule has 0 radical (unpaired) electrons. The molecule has 0 aliphatic heterocycles. The van der Waals surface area contributed by atoms with Gasteiger partial charge in [0.15, 0.2) is 0 Å². The first kappa shape index (κ1) is 11.8. The molecule has 0 N–H and O–H groups in total. The van der Waals surface area contributed by atoms with Gasteiger partial charge in [-0.1, -0.05) is 23.2 Å². The number of nitriles is 1. The standard InChI is InChI=1S/C10H8Cl2N2O/c1-2-15-4-3-7-6-14-10(12)8(5-13)9(7)11/h3-4,6H,2H2,1H3/b4-3-. The van der Waals surface area contributed by atoms with Crippen molar-refractivity contribution in [2.45, 2.75) is 6.92 Å². The number of aromatic nitrogens is 1. The normalized spacial score (nSPS) is 10.3. The van der Waals surface area contributed by atoms with Crippen LogP contribution in [-0.4, -0.2) is 11.6 Å². The van der Waals surface area contributed by atoms with Crippen LogP contribution in [0.1, 0.15) is 18.1 Å². The van der Waals surface area contributed by atoms with Gasteiger partial charge in [0.05, 0.1) is 17.9 Å². The molecule has 0 bridgehead atoms. The minimum atomic E-state index is 0.107. The Labute approximate surface area is 97.9 Å². The fraction of sp³-hybridized carbons (Fsp3) is 0.200. The number of hydrogen-bond acceptors (Lipinski definition) is 3. The zero-order valence-electron chi connectivity index (χ0n) is 8.00. The summed E-state index contributed by atoms with van der Waals surface area (Å²) < 4.78 is 5.01. The molecule has 0 spiro atoms. The average molecular weight is 243 g/mol. The highest BCUT2D eigenvalue weighted by atomic mass is 35.5. The Morgan fingerprint density at radius 3 is 2.93 bits per heavy atom. The maximum Gasteiger partial charge on any atom is 0.148 e. The lowest BCUT2D eigenvalue weighted by molar-refractivity contribution is 0.272. The highest BCUT2D eigenvalue weighted by Crippen LogP contribution is 2.26. The first-order valence-electron chi connectivity index (χ1n) is 4.23. The van der Waals surface area contributed by atoms with Gasteiger partial charge in [-0.15, -0.1) is 0 Å². The molecule has 0 aromatic carbocycles. The minimum absolute atomic E-state index is 0.107. The third kappa shape index (κ3) is 2.85. The van der Waals surface area contributed by atoms with E-state index in [1.807, 2.05) is 13.0 Å². The third-order valence-corrected chi connectivity index (χ3v) is 2.31. The molecule has 15 heavy (non-hydrogen) atoms. The first-order chi connectivity index (χ1) is 7.20. The number of nitrogens with zero attached hydrogens (tertiary/aromatic N) is 2. The van der Waals surface area contributed by atoms with Crippen molar-refractivity contribution in [3.63, 3.8) is 0 Å². The summed E-state index contributed by atoms with van der Waals surface area (Å²) >= 11 is 11.6. The molecule has 1 aromatic rings. The highest BCUT2D eigenvalue weighted by Gasteiger charge is 2.09. The van der Waals surface area contributed by atoms with Crippen molar-refractivity contribution >= 4 is 29.3 Å². The molecule has 0 aliphatic carbocycles. The van der Waals surface area contributed by atoms with Gasteiger partial charge >= 0.3 is 0 Å². The summed E-state index contributed by atoms with van der Waals surface area (Å²) in [5, 5.41) is 9.17. The molecule has 1 heterocycles. The maximum atomic E-state index is 8.78. The SMILES string of the molecule is CCO/C=C\c1cnc(Cl)c(C#N)c1Cl. The van der Waals surface area contributed by atoms with Gasteiger partial charge in [-0.3, -0.25) is 0 Å². The predicted octanol–water partition coefficient (Wildman–Crippen LogP) is 3.27. The van der Waals surface area contributed by atoms with Crippen LogP contribution in [0.3, 0.4) is 0 Å². The lowest BCUT2D eigenvalue weighted by atomic mass is 10.2. The van der Waals surface area contributed by atoms with Gasteiger partial charge in [-0.25, -0.2) is 4.98 Å². The van der Waals surface area contributed by atoms with E-state index in [0.717, 1.165) is 0 Å². The minimum Gasteiger partial charge on any atom is -0.501 e. The maximum absolute atomic E-state index is 8.78. The molecule has 0 fully saturated rings. The lowest BCUT2D eigenvalue weighted by Crippen LogP contribution is -1.88. The van der Waals surface area contributed by atoms with Crippen molar-refractivity contribution in [2.75, 3.05) is 6.61 Å². The second kappa shape index (κ2) is 5.59. The molecular weight excluding hydrogens is 235 g/mol. The summed E-state index contributed by atoms with van der Waals surface area (Å²) in [6, 6.07) is 1.89. The van der Waals surface area contributed by atoms with Gasteiger partial charge in [0.1, 0.15) is 16.8 Å². The Kier molecular flexibility index (Phi) is 4.41. The summed E-state index contributed by atoms with van der Waals surface area (Å²) in [7, 11) is 0. The molecule has 0 saturated carbocycles. The lowest BCUT2D eigenvalue weighted by Gasteiger charge is -2.01. The van der Waals surface area contributed by atoms with Crippen molar-refractivity contribution in [3.8, 4) is 6.07 Å². The molecule has 5 heteroatoms. The monoisotopic (exact) mass is 242 g/mol. The second-order valence-electron chi connectivity index (χ2n) is 2.56. The number of hydrogen-bond donors (Lipinski definition) is 0. The molecule has 78 valence electrons. The zero-order chi connectivity index (χ0) is 11.3. The largest absolute Gasteiger partial charge is 0.501 e. The predicted molar refractivity (Wildman–Crippen MR) is 59.6 cm³/mol. The Hall–Kier alpha value is -1.24. The van der Waals surface area contributed by atoms with Crippen LogP contribution in [0.5, 0.6) is 0 Å². The van der Waals surface area contributed by atoms with Crippen LogP contribution in [-0.2, 0) is 4.74 Å². The van der Waals surface area contributed by atoms with E-state index in [1.54, 1.807) is 6.08 Å². The molecule has 3 nitrogen and oxygen atoms in total.